The number of aryl methyl sites for hydroxylation is 1. The standard InChI is InChI=1S/C16H15FN2OS/c1-10-2-7-14(13(17)8-10)19-15(20)9-11-3-5-12(6-4-11)16(18)21/h2-8H,9H2,1H3,(H2,18,21)(H,19,20). The number of carbonyl (C=O) groups excluding carboxylic acids is 1. The zero-order chi connectivity index (χ0) is 15.4. The third-order valence-electron chi connectivity index (χ3n) is 3.00. The maximum Gasteiger partial charge on any atom is 0.228 e. The summed E-state index contributed by atoms with van der Waals surface area (Å²) in [5.41, 5.74) is 8.05. The van der Waals surface area contributed by atoms with E-state index in [-0.39, 0.29) is 18.0 Å². The number of nitrogens with one attached hydrogen (secondary N) is 1. The molecule has 3 N–H and O–H groups in total. The minimum absolute atomic E-state index is 0.158. The predicted molar refractivity (Wildman–Crippen MR) is 85.8 cm³/mol. The molecule has 0 aliphatic rings. The van der Waals surface area contributed by atoms with Gasteiger partial charge in [0.2, 0.25) is 5.91 Å². The fraction of sp³-hybridized carbons (Fsp3) is 0.125. The van der Waals surface area contributed by atoms with Gasteiger partial charge in [0.1, 0.15) is 10.8 Å². The monoisotopic (exact) mass is 302 g/mol. The number of amides is 1. The summed E-state index contributed by atoms with van der Waals surface area (Å²) < 4.78 is 13.6. The van der Waals surface area contributed by atoms with Crippen LogP contribution in [-0.4, -0.2) is 10.9 Å². The molecule has 2 aromatic carbocycles. The van der Waals surface area contributed by atoms with Crippen LogP contribution >= 0.6 is 12.2 Å². The normalized spacial score (nSPS) is 10.2. The number of halogens is 1. The van der Waals surface area contributed by atoms with Crippen molar-refractivity contribution in [1.82, 2.24) is 0 Å². The lowest BCUT2D eigenvalue weighted by atomic mass is 10.1. The van der Waals surface area contributed by atoms with Crippen LogP contribution in [0.5, 0.6) is 0 Å². The van der Waals surface area contributed by atoms with E-state index in [0.29, 0.717) is 4.99 Å². The molecule has 0 heterocycles. The van der Waals surface area contributed by atoms with Gasteiger partial charge in [0.25, 0.3) is 0 Å². The maximum absolute atomic E-state index is 13.6. The largest absolute Gasteiger partial charge is 0.389 e. The van der Waals surface area contributed by atoms with Crippen molar-refractivity contribution in [2.45, 2.75) is 13.3 Å². The highest BCUT2D eigenvalue weighted by molar-refractivity contribution is 7.80. The van der Waals surface area contributed by atoms with Crippen molar-refractivity contribution in [1.29, 1.82) is 0 Å². The molecule has 0 unspecified atom stereocenters. The minimum atomic E-state index is -0.438. The zero-order valence-corrected chi connectivity index (χ0v) is 12.3. The van der Waals surface area contributed by atoms with E-state index in [1.807, 2.05) is 0 Å². The van der Waals surface area contributed by atoms with Crippen LogP contribution in [0, 0.1) is 12.7 Å². The van der Waals surface area contributed by atoms with E-state index >= 15 is 0 Å². The van der Waals surface area contributed by atoms with Crippen molar-refractivity contribution in [3.8, 4) is 0 Å². The average Bonchev–Trinajstić information content (AvgIpc) is 2.42. The molecule has 0 spiro atoms. The molecular weight excluding hydrogens is 287 g/mol. The van der Waals surface area contributed by atoms with Gasteiger partial charge in [-0.2, -0.15) is 0 Å². The number of hydrogen-bond donors (Lipinski definition) is 2. The van der Waals surface area contributed by atoms with Crippen LogP contribution in [0.4, 0.5) is 10.1 Å². The molecule has 0 aliphatic carbocycles. The molecule has 0 atom stereocenters. The fourth-order valence-electron chi connectivity index (χ4n) is 1.89. The summed E-state index contributed by atoms with van der Waals surface area (Å²) >= 11 is 4.86. The molecule has 0 radical (unpaired) electrons. The van der Waals surface area contributed by atoms with Crippen LogP contribution < -0.4 is 11.1 Å². The van der Waals surface area contributed by atoms with Gasteiger partial charge in [-0.1, -0.05) is 42.5 Å². The summed E-state index contributed by atoms with van der Waals surface area (Å²) in [5, 5.41) is 2.56. The molecule has 0 fully saturated rings. The second-order valence-electron chi connectivity index (χ2n) is 4.77. The van der Waals surface area contributed by atoms with Crippen molar-refractivity contribution in [2.75, 3.05) is 5.32 Å². The Bertz CT molecular complexity index is 683. The molecular formula is C16H15FN2OS. The van der Waals surface area contributed by atoms with E-state index in [9.17, 15) is 9.18 Å². The second-order valence-corrected chi connectivity index (χ2v) is 5.21. The highest BCUT2D eigenvalue weighted by Crippen LogP contribution is 2.15. The smallest absolute Gasteiger partial charge is 0.228 e. The SMILES string of the molecule is Cc1ccc(NC(=O)Cc2ccc(C(N)=S)cc2)c(F)c1. The first-order chi connectivity index (χ1) is 9.95. The van der Waals surface area contributed by atoms with Gasteiger partial charge in [0.15, 0.2) is 0 Å². The number of rotatable bonds is 4. The Kier molecular flexibility index (Phi) is 4.65. The van der Waals surface area contributed by atoms with E-state index in [2.05, 4.69) is 5.32 Å². The molecule has 0 bridgehead atoms. The first-order valence-corrected chi connectivity index (χ1v) is 6.81. The van der Waals surface area contributed by atoms with Crippen LogP contribution in [0.25, 0.3) is 0 Å². The van der Waals surface area contributed by atoms with Gasteiger partial charge < -0.3 is 11.1 Å². The van der Waals surface area contributed by atoms with Crippen molar-refractivity contribution in [3.63, 3.8) is 0 Å². The number of thiocarbonyl (C=S) groups is 1. The Balaban J connectivity index is 2.02. The number of nitrogens with two attached hydrogens (primary N) is 1. The predicted octanol–water partition coefficient (Wildman–Crippen LogP) is 2.95. The topological polar surface area (TPSA) is 55.1 Å². The molecule has 0 aliphatic heterocycles. The number of carbonyl (C=O) groups is 1. The Labute approximate surface area is 128 Å². The summed E-state index contributed by atoms with van der Waals surface area (Å²) in [4.78, 5) is 12.2. The van der Waals surface area contributed by atoms with Gasteiger partial charge in [-0.25, -0.2) is 4.39 Å². The molecule has 5 heteroatoms. The lowest BCUT2D eigenvalue weighted by molar-refractivity contribution is -0.115. The van der Waals surface area contributed by atoms with Crippen LogP contribution in [-0.2, 0) is 11.2 Å². The third kappa shape index (κ3) is 4.10. The molecule has 1 amide bonds. The van der Waals surface area contributed by atoms with E-state index in [1.165, 1.54) is 6.07 Å². The second kappa shape index (κ2) is 6.45. The van der Waals surface area contributed by atoms with Gasteiger partial charge in [-0.15, -0.1) is 0 Å². The highest BCUT2D eigenvalue weighted by Gasteiger charge is 2.08. The van der Waals surface area contributed by atoms with Crippen molar-refractivity contribution in [3.05, 3.63) is 65.0 Å². The highest BCUT2D eigenvalue weighted by atomic mass is 32.1. The van der Waals surface area contributed by atoms with E-state index in [0.717, 1.165) is 16.7 Å². The first kappa shape index (κ1) is 15.1. The number of hydrogen-bond acceptors (Lipinski definition) is 2. The Morgan fingerprint density at radius 1 is 1.24 bits per heavy atom. The number of benzene rings is 2. The molecule has 0 saturated carbocycles. The Morgan fingerprint density at radius 2 is 1.90 bits per heavy atom. The van der Waals surface area contributed by atoms with Crippen LogP contribution in [0.1, 0.15) is 16.7 Å². The van der Waals surface area contributed by atoms with Gasteiger partial charge in [-0.05, 0) is 30.2 Å². The van der Waals surface area contributed by atoms with Gasteiger partial charge in [0, 0.05) is 5.56 Å². The van der Waals surface area contributed by atoms with E-state index < -0.39 is 5.82 Å². The molecule has 0 saturated heterocycles. The zero-order valence-electron chi connectivity index (χ0n) is 11.5. The van der Waals surface area contributed by atoms with Crippen molar-refractivity contribution in [2.24, 2.45) is 5.73 Å². The molecule has 108 valence electrons. The van der Waals surface area contributed by atoms with Crippen molar-refractivity contribution >= 4 is 28.8 Å². The van der Waals surface area contributed by atoms with Crippen LogP contribution in [0.2, 0.25) is 0 Å². The lowest BCUT2D eigenvalue weighted by Gasteiger charge is -2.07. The lowest BCUT2D eigenvalue weighted by Crippen LogP contribution is -2.15. The van der Waals surface area contributed by atoms with Gasteiger partial charge in [0.05, 0.1) is 12.1 Å². The molecule has 3 nitrogen and oxygen atoms in total. The van der Waals surface area contributed by atoms with Gasteiger partial charge >= 0.3 is 0 Å². The summed E-state index contributed by atoms with van der Waals surface area (Å²) in [6, 6.07) is 11.8. The average molecular weight is 302 g/mol. The van der Waals surface area contributed by atoms with Gasteiger partial charge in [-0.3, -0.25) is 4.79 Å². The van der Waals surface area contributed by atoms with Crippen molar-refractivity contribution < 1.29 is 9.18 Å². The summed E-state index contributed by atoms with van der Waals surface area (Å²) in [6.07, 6.45) is 0.158. The van der Waals surface area contributed by atoms with Crippen LogP contribution in [0.15, 0.2) is 42.5 Å². The quantitative estimate of drug-likeness (QED) is 0.854. The molecule has 21 heavy (non-hydrogen) atoms. The molecule has 2 aromatic rings. The third-order valence-corrected chi connectivity index (χ3v) is 3.24. The minimum Gasteiger partial charge on any atom is -0.389 e. The Morgan fingerprint density at radius 3 is 2.48 bits per heavy atom. The van der Waals surface area contributed by atoms with E-state index in [4.69, 9.17) is 18.0 Å². The first-order valence-electron chi connectivity index (χ1n) is 6.40. The fourth-order valence-corrected chi connectivity index (χ4v) is 2.02. The van der Waals surface area contributed by atoms with Crippen LogP contribution in [0.3, 0.4) is 0 Å². The Hall–Kier alpha value is -2.27. The number of anilines is 1. The summed E-state index contributed by atoms with van der Waals surface area (Å²) in [6.45, 7) is 1.79. The molecule has 0 aromatic heterocycles. The molecule has 2 rings (SSSR count). The van der Waals surface area contributed by atoms with E-state index in [1.54, 1.807) is 43.3 Å². The summed E-state index contributed by atoms with van der Waals surface area (Å²) in [7, 11) is 0. The summed E-state index contributed by atoms with van der Waals surface area (Å²) in [5.74, 6) is -0.715. The maximum atomic E-state index is 13.6.